The van der Waals surface area contributed by atoms with Crippen molar-refractivity contribution in [2.45, 2.75) is 46.5 Å². The third-order valence-electron chi connectivity index (χ3n) is 4.87. The molecule has 1 amide bonds. The first kappa shape index (κ1) is 24.2. The summed E-state index contributed by atoms with van der Waals surface area (Å²) in [7, 11) is 3.58. The summed E-state index contributed by atoms with van der Waals surface area (Å²) >= 11 is 0. The van der Waals surface area contributed by atoms with E-state index < -0.39 is 0 Å². The van der Waals surface area contributed by atoms with E-state index in [0.717, 1.165) is 29.8 Å². The second-order valence-electron chi connectivity index (χ2n) is 7.18. The largest absolute Gasteiger partial charge is 0.493 e. The number of aromatic nitrogens is 1. The second-order valence-corrected chi connectivity index (χ2v) is 7.18. The van der Waals surface area contributed by atoms with Crippen LogP contribution in [0, 0.1) is 0 Å². The fourth-order valence-corrected chi connectivity index (χ4v) is 3.14. The number of rotatable bonds is 9. The molecule has 0 radical (unpaired) electrons. The summed E-state index contributed by atoms with van der Waals surface area (Å²) in [6.45, 7) is 6.65. The number of hydrogen-bond donors (Lipinski definition) is 0. The zero-order valence-corrected chi connectivity index (χ0v) is 19.4. The molecular weight excluding hydrogens is 388 g/mol. The topological polar surface area (TPSA) is 55.6 Å². The van der Waals surface area contributed by atoms with Crippen LogP contribution >= 0.6 is 0 Å². The minimum Gasteiger partial charge on any atom is -0.493 e. The molecule has 1 aromatic heterocycles. The highest BCUT2D eigenvalue weighted by Gasteiger charge is 2.09. The summed E-state index contributed by atoms with van der Waals surface area (Å²) in [6, 6.07) is 16.0. The molecule has 0 saturated carbocycles. The molecular formula is C26H34N2O3. The minimum atomic E-state index is 0.148. The number of ether oxygens (including phenoxy) is 1. The monoisotopic (exact) mass is 422 g/mol. The van der Waals surface area contributed by atoms with Crippen molar-refractivity contribution in [3.8, 4) is 17.2 Å². The predicted molar refractivity (Wildman–Crippen MR) is 125 cm³/mol. The van der Waals surface area contributed by atoms with Gasteiger partial charge < -0.3 is 14.1 Å². The van der Waals surface area contributed by atoms with Gasteiger partial charge in [0.25, 0.3) is 0 Å². The number of aryl methyl sites for hydroxylation is 2. The molecule has 0 atom stereocenters. The SMILES string of the molecule is CC.CCc1cc(OCCc2coc(-c3ccccc3)n2)ccc1CCC(=O)N(C)C. The average Bonchev–Trinajstić information content (AvgIpc) is 3.28. The Morgan fingerprint density at radius 1 is 1.03 bits per heavy atom. The van der Waals surface area contributed by atoms with Crippen molar-refractivity contribution in [3.05, 3.63) is 71.6 Å². The van der Waals surface area contributed by atoms with Gasteiger partial charge in [0.05, 0.1) is 12.3 Å². The highest BCUT2D eigenvalue weighted by molar-refractivity contribution is 5.75. The molecule has 0 aliphatic carbocycles. The van der Waals surface area contributed by atoms with Crippen molar-refractivity contribution in [1.82, 2.24) is 9.88 Å². The van der Waals surface area contributed by atoms with Crippen molar-refractivity contribution in [2.75, 3.05) is 20.7 Å². The van der Waals surface area contributed by atoms with Crippen molar-refractivity contribution in [1.29, 1.82) is 0 Å². The fourth-order valence-electron chi connectivity index (χ4n) is 3.14. The smallest absolute Gasteiger partial charge is 0.226 e. The van der Waals surface area contributed by atoms with Crippen LogP contribution in [0.4, 0.5) is 0 Å². The van der Waals surface area contributed by atoms with Gasteiger partial charge in [-0.2, -0.15) is 0 Å². The molecule has 0 fully saturated rings. The molecule has 0 spiro atoms. The van der Waals surface area contributed by atoms with E-state index in [2.05, 4.69) is 24.0 Å². The highest BCUT2D eigenvalue weighted by atomic mass is 16.5. The number of nitrogens with zero attached hydrogens (tertiary/aromatic N) is 2. The van der Waals surface area contributed by atoms with E-state index >= 15 is 0 Å². The minimum absolute atomic E-state index is 0.148. The number of carbonyl (C=O) groups excluding carboxylic acids is 1. The van der Waals surface area contributed by atoms with Gasteiger partial charge in [0.15, 0.2) is 0 Å². The number of hydrogen-bond acceptors (Lipinski definition) is 4. The number of oxazole rings is 1. The van der Waals surface area contributed by atoms with Crippen LogP contribution in [0.15, 0.2) is 59.2 Å². The Kier molecular flexibility index (Phi) is 9.82. The number of benzene rings is 2. The van der Waals surface area contributed by atoms with E-state index in [1.54, 1.807) is 25.3 Å². The van der Waals surface area contributed by atoms with Crippen molar-refractivity contribution < 1.29 is 13.9 Å². The lowest BCUT2D eigenvalue weighted by molar-refractivity contribution is -0.128. The fraction of sp³-hybridized carbons (Fsp3) is 0.385. The van der Waals surface area contributed by atoms with E-state index in [1.807, 2.05) is 50.2 Å². The van der Waals surface area contributed by atoms with Gasteiger partial charge in [-0.25, -0.2) is 4.98 Å². The Balaban J connectivity index is 0.00000166. The number of amides is 1. The first-order valence-corrected chi connectivity index (χ1v) is 11.0. The summed E-state index contributed by atoms with van der Waals surface area (Å²) < 4.78 is 11.5. The van der Waals surface area contributed by atoms with Gasteiger partial charge in [-0.05, 0) is 48.2 Å². The van der Waals surface area contributed by atoms with Crippen LogP contribution in [-0.4, -0.2) is 36.5 Å². The van der Waals surface area contributed by atoms with Crippen LogP contribution in [0.3, 0.4) is 0 Å². The molecule has 3 rings (SSSR count). The Hall–Kier alpha value is -3.08. The molecule has 0 bridgehead atoms. The van der Waals surface area contributed by atoms with Gasteiger partial charge in [-0.1, -0.05) is 45.0 Å². The summed E-state index contributed by atoms with van der Waals surface area (Å²) in [5, 5.41) is 0. The van der Waals surface area contributed by atoms with Gasteiger partial charge in [0.2, 0.25) is 11.8 Å². The van der Waals surface area contributed by atoms with E-state index in [0.29, 0.717) is 25.3 Å². The van der Waals surface area contributed by atoms with Crippen molar-refractivity contribution in [2.24, 2.45) is 0 Å². The molecule has 2 aromatic carbocycles. The summed E-state index contributed by atoms with van der Waals surface area (Å²) in [4.78, 5) is 18.0. The maximum Gasteiger partial charge on any atom is 0.226 e. The van der Waals surface area contributed by atoms with Crippen LogP contribution in [0.5, 0.6) is 5.75 Å². The first-order chi connectivity index (χ1) is 15.1. The zero-order valence-electron chi connectivity index (χ0n) is 19.4. The van der Waals surface area contributed by atoms with Gasteiger partial charge in [-0.15, -0.1) is 0 Å². The standard InChI is InChI=1S/C24H28N2O3.C2H6/c1-4-18-16-22(12-10-19(18)11-13-23(27)26(2)3)28-15-14-21-17-29-24(25-21)20-8-6-5-7-9-20;1-2/h5-10,12,16-17H,4,11,13-15H2,1-3H3;1-2H3. The van der Waals surface area contributed by atoms with E-state index in [9.17, 15) is 4.79 Å². The van der Waals surface area contributed by atoms with Crippen molar-refractivity contribution in [3.63, 3.8) is 0 Å². The molecule has 166 valence electrons. The second kappa shape index (κ2) is 12.6. The predicted octanol–water partition coefficient (Wildman–Crippen LogP) is 5.57. The number of carbonyl (C=O) groups is 1. The van der Waals surface area contributed by atoms with Gasteiger partial charge in [-0.3, -0.25) is 4.79 Å². The molecule has 31 heavy (non-hydrogen) atoms. The lowest BCUT2D eigenvalue weighted by atomic mass is 10.0. The van der Waals surface area contributed by atoms with Crippen LogP contribution < -0.4 is 4.74 Å². The lowest BCUT2D eigenvalue weighted by Crippen LogP contribution is -2.21. The molecule has 1 heterocycles. The molecule has 0 N–H and O–H groups in total. The highest BCUT2D eigenvalue weighted by Crippen LogP contribution is 2.21. The van der Waals surface area contributed by atoms with Crippen LogP contribution in [0.2, 0.25) is 0 Å². The molecule has 0 aliphatic rings. The van der Waals surface area contributed by atoms with Gasteiger partial charge in [0.1, 0.15) is 12.0 Å². The Labute approximate surface area is 186 Å². The quantitative estimate of drug-likeness (QED) is 0.452. The lowest BCUT2D eigenvalue weighted by Gasteiger charge is -2.13. The van der Waals surface area contributed by atoms with Crippen LogP contribution in [0.1, 0.15) is 44.0 Å². The molecule has 3 aromatic rings. The first-order valence-electron chi connectivity index (χ1n) is 11.0. The molecule has 0 unspecified atom stereocenters. The maximum atomic E-state index is 11.8. The summed E-state index contributed by atoms with van der Waals surface area (Å²) in [5.41, 5.74) is 4.27. The van der Waals surface area contributed by atoms with Crippen LogP contribution in [-0.2, 0) is 24.1 Å². The van der Waals surface area contributed by atoms with E-state index in [1.165, 1.54) is 11.1 Å². The van der Waals surface area contributed by atoms with Gasteiger partial charge >= 0.3 is 0 Å². The Morgan fingerprint density at radius 3 is 2.45 bits per heavy atom. The van der Waals surface area contributed by atoms with E-state index in [-0.39, 0.29) is 5.91 Å². The average molecular weight is 423 g/mol. The van der Waals surface area contributed by atoms with Gasteiger partial charge in [0, 0.05) is 32.5 Å². The molecule has 0 saturated heterocycles. The van der Waals surface area contributed by atoms with Crippen LogP contribution in [0.25, 0.3) is 11.5 Å². The third kappa shape index (κ3) is 7.28. The molecule has 5 heteroatoms. The van der Waals surface area contributed by atoms with E-state index in [4.69, 9.17) is 9.15 Å². The molecule has 5 nitrogen and oxygen atoms in total. The normalized spacial score (nSPS) is 10.2. The summed E-state index contributed by atoms with van der Waals surface area (Å²) in [5.74, 6) is 1.62. The Bertz CT molecular complexity index is 933. The maximum absolute atomic E-state index is 11.8. The third-order valence-corrected chi connectivity index (χ3v) is 4.87. The summed E-state index contributed by atoms with van der Waals surface area (Å²) in [6.07, 6.45) is 4.55. The molecule has 0 aliphatic heterocycles. The van der Waals surface area contributed by atoms with Crippen molar-refractivity contribution >= 4 is 5.91 Å². The Morgan fingerprint density at radius 2 is 1.77 bits per heavy atom. The zero-order chi connectivity index (χ0) is 22.6.